The Bertz CT molecular complexity index is 396. The van der Waals surface area contributed by atoms with Crippen LogP contribution in [0.4, 0.5) is 0 Å². The van der Waals surface area contributed by atoms with Gasteiger partial charge in [-0.15, -0.1) is 0 Å². The molecule has 0 aliphatic rings. The summed E-state index contributed by atoms with van der Waals surface area (Å²) in [6, 6.07) is 7.77. The van der Waals surface area contributed by atoms with E-state index < -0.39 is 0 Å². The van der Waals surface area contributed by atoms with Gasteiger partial charge in [-0.1, -0.05) is 23.7 Å². The minimum absolute atomic E-state index is 0.0351. The van der Waals surface area contributed by atoms with Gasteiger partial charge >= 0.3 is 0 Å². The quantitative estimate of drug-likeness (QED) is 0.704. The first kappa shape index (κ1) is 16.0. The SMILES string of the molecule is CN(C)CCNC(=O)CNCCc1cccc(Cl)c1. The average molecular weight is 284 g/mol. The van der Waals surface area contributed by atoms with Crippen molar-refractivity contribution < 1.29 is 4.79 Å². The van der Waals surface area contributed by atoms with Crippen LogP contribution < -0.4 is 10.6 Å². The maximum Gasteiger partial charge on any atom is 0.234 e. The third kappa shape index (κ3) is 7.82. The molecule has 0 radical (unpaired) electrons. The van der Waals surface area contributed by atoms with E-state index in [1.807, 2.05) is 43.3 Å². The highest BCUT2D eigenvalue weighted by molar-refractivity contribution is 6.30. The summed E-state index contributed by atoms with van der Waals surface area (Å²) in [6.07, 6.45) is 0.867. The van der Waals surface area contributed by atoms with E-state index in [2.05, 4.69) is 10.6 Å². The smallest absolute Gasteiger partial charge is 0.234 e. The van der Waals surface area contributed by atoms with E-state index >= 15 is 0 Å². The van der Waals surface area contributed by atoms with E-state index in [1.165, 1.54) is 5.56 Å². The highest BCUT2D eigenvalue weighted by Crippen LogP contribution is 2.10. The molecule has 0 aliphatic carbocycles. The molecule has 0 aromatic heterocycles. The second-order valence-corrected chi connectivity index (χ2v) is 5.15. The second-order valence-electron chi connectivity index (χ2n) is 4.71. The summed E-state index contributed by atoms with van der Waals surface area (Å²) in [6.45, 7) is 2.66. The molecule has 2 N–H and O–H groups in total. The van der Waals surface area contributed by atoms with Crippen LogP contribution in [0.2, 0.25) is 5.02 Å². The lowest BCUT2D eigenvalue weighted by atomic mass is 10.1. The van der Waals surface area contributed by atoms with Gasteiger partial charge in [0.25, 0.3) is 0 Å². The first-order valence-corrected chi connectivity index (χ1v) is 6.82. The van der Waals surface area contributed by atoms with Crippen LogP contribution in [0, 0.1) is 0 Å². The van der Waals surface area contributed by atoms with Crippen molar-refractivity contribution in [3.63, 3.8) is 0 Å². The number of likely N-dealkylation sites (N-methyl/N-ethyl adjacent to an activating group) is 1. The number of nitrogens with one attached hydrogen (secondary N) is 2. The fraction of sp³-hybridized carbons (Fsp3) is 0.500. The van der Waals surface area contributed by atoms with Gasteiger partial charge in [-0.3, -0.25) is 4.79 Å². The molecule has 0 atom stereocenters. The number of hydrogen-bond acceptors (Lipinski definition) is 3. The molecular weight excluding hydrogens is 262 g/mol. The number of rotatable bonds is 8. The van der Waals surface area contributed by atoms with Gasteiger partial charge in [-0.25, -0.2) is 0 Å². The summed E-state index contributed by atoms with van der Waals surface area (Å²) in [5.41, 5.74) is 1.17. The Hall–Kier alpha value is -1.10. The number of benzene rings is 1. The predicted octanol–water partition coefficient (Wildman–Crippen LogP) is 1.15. The van der Waals surface area contributed by atoms with E-state index in [0.717, 1.165) is 24.5 Å². The van der Waals surface area contributed by atoms with Crippen LogP contribution in [0.15, 0.2) is 24.3 Å². The van der Waals surface area contributed by atoms with Gasteiger partial charge in [0, 0.05) is 18.1 Å². The van der Waals surface area contributed by atoms with Gasteiger partial charge in [0.2, 0.25) is 5.91 Å². The van der Waals surface area contributed by atoms with Crippen LogP contribution in [0.1, 0.15) is 5.56 Å². The molecule has 4 nitrogen and oxygen atoms in total. The molecule has 0 unspecified atom stereocenters. The molecule has 106 valence electrons. The Morgan fingerprint density at radius 1 is 1.32 bits per heavy atom. The first-order chi connectivity index (χ1) is 9.08. The van der Waals surface area contributed by atoms with Crippen molar-refractivity contribution in [2.45, 2.75) is 6.42 Å². The van der Waals surface area contributed by atoms with Gasteiger partial charge in [0.15, 0.2) is 0 Å². The largest absolute Gasteiger partial charge is 0.354 e. The third-order valence-electron chi connectivity index (χ3n) is 2.65. The number of halogens is 1. The summed E-state index contributed by atoms with van der Waals surface area (Å²) in [7, 11) is 3.96. The lowest BCUT2D eigenvalue weighted by Crippen LogP contribution is -2.37. The van der Waals surface area contributed by atoms with E-state index in [4.69, 9.17) is 11.6 Å². The Morgan fingerprint density at radius 3 is 2.79 bits per heavy atom. The standard InChI is InChI=1S/C14H22ClN3O/c1-18(2)9-8-17-14(19)11-16-7-6-12-4-3-5-13(15)10-12/h3-5,10,16H,6-9,11H2,1-2H3,(H,17,19). The van der Waals surface area contributed by atoms with E-state index in [-0.39, 0.29) is 5.91 Å². The van der Waals surface area contributed by atoms with Gasteiger partial charge in [-0.05, 0) is 44.8 Å². The van der Waals surface area contributed by atoms with Crippen LogP contribution in [0.25, 0.3) is 0 Å². The predicted molar refractivity (Wildman–Crippen MR) is 79.6 cm³/mol. The Morgan fingerprint density at radius 2 is 2.11 bits per heavy atom. The molecule has 1 rings (SSSR count). The molecule has 0 spiro atoms. The zero-order valence-corrected chi connectivity index (χ0v) is 12.3. The minimum Gasteiger partial charge on any atom is -0.354 e. The van der Waals surface area contributed by atoms with Crippen LogP contribution in [-0.4, -0.2) is 51.1 Å². The van der Waals surface area contributed by atoms with Crippen molar-refractivity contribution in [2.24, 2.45) is 0 Å². The zero-order valence-electron chi connectivity index (χ0n) is 11.6. The Kier molecular flexibility index (Phi) is 7.48. The number of carbonyl (C=O) groups excluding carboxylic acids is 1. The van der Waals surface area contributed by atoms with Crippen LogP contribution in [0.3, 0.4) is 0 Å². The number of amides is 1. The average Bonchev–Trinajstić information content (AvgIpc) is 2.34. The van der Waals surface area contributed by atoms with E-state index in [1.54, 1.807) is 0 Å². The van der Waals surface area contributed by atoms with Crippen molar-refractivity contribution in [3.05, 3.63) is 34.9 Å². The molecule has 0 bridgehead atoms. The molecule has 1 aromatic carbocycles. The fourth-order valence-corrected chi connectivity index (χ4v) is 1.82. The summed E-state index contributed by atoms with van der Waals surface area (Å²) in [4.78, 5) is 13.5. The first-order valence-electron chi connectivity index (χ1n) is 6.44. The normalized spacial score (nSPS) is 10.7. The second kappa shape index (κ2) is 8.91. The highest BCUT2D eigenvalue weighted by atomic mass is 35.5. The number of hydrogen-bond donors (Lipinski definition) is 2. The van der Waals surface area contributed by atoms with Gasteiger partial charge in [0.05, 0.1) is 6.54 Å². The number of nitrogens with zero attached hydrogens (tertiary/aromatic N) is 1. The summed E-state index contributed by atoms with van der Waals surface area (Å²) in [5.74, 6) is 0.0351. The van der Waals surface area contributed by atoms with Crippen molar-refractivity contribution in [3.8, 4) is 0 Å². The van der Waals surface area contributed by atoms with E-state index in [0.29, 0.717) is 13.1 Å². The van der Waals surface area contributed by atoms with Gasteiger partial charge in [-0.2, -0.15) is 0 Å². The van der Waals surface area contributed by atoms with Crippen LogP contribution in [-0.2, 0) is 11.2 Å². The minimum atomic E-state index is 0.0351. The summed E-state index contributed by atoms with van der Waals surface area (Å²) < 4.78 is 0. The van der Waals surface area contributed by atoms with Crippen molar-refractivity contribution >= 4 is 17.5 Å². The van der Waals surface area contributed by atoms with Crippen LogP contribution in [0.5, 0.6) is 0 Å². The maximum atomic E-state index is 11.5. The molecule has 0 heterocycles. The lowest BCUT2D eigenvalue weighted by Gasteiger charge is -2.10. The molecule has 0 aliphatic heterocycles. The van der Waals surface area contributed by atoms with Gasteiger partial charge < -0.3 is 15.5 Å². The molecular formula is C14H22ClN3O. The molecule has 1 amide bonds. The molecule has 0 saturated heterocycles. The zero-order chi connectivity index (χ0) is 14.1. The van der Waals surface area contributed by atoms with Crippen LogP contribution >= 0.6 is 11.6 Å². The fourth-order valence-electron chi connectivity index (χ4n) is 1.61. The van der Waals surface area contributed by atoms with Crippen molar-refractivity contribution in [2.75, 3.05) is 40.3 Å². The summed E-state index contributed by atoms with van der Waals surface area (Å²) in [5, 5.41) is 6.73. The highest BCUT2D eigenvalue weighted by Gasteiger charge is 2.00. The van der Waals surface area contributed by atoms with Gasteiger partial charge in [0.1, 0.15) is 0 Å². The maximum absolute atomic E-state index is 11.5. The lowest BCUT2D eigenvalue weighted by molar-refractivity contribution is -0.120. The topological polar surface area (TPSA) is 44.4 Å². The number of carbonyl (C=O) groups is 1. The Labute approximate surface area is 120 Å². The third-order valence-corrected chi connectivity index (χ3v) is 2.88. The molecule has 1 aromatic rings. The monoisotopic (exact) mass is 283 g/mol. The molecule has 19 heavy (non-hydrogen) atoms. The molecule has 0 fully saturated rings. The van der Waals surface area contributed by atoms with E-state index in [9.17, 15) is 4.79 Å². The van der Waals surface area contributed by atoms with Crippen molar-refractivity contribution in [1.29, 1.82) is 0 Å². The molecule has 5 heteroatoms. The molecule has 0 saturated carbocycles. The summed E-state index contributed by atoms with van der Waals surface area (Å²) >= 11 is 5.90. The Balaban J connectivity index is 2.08. The van der Waals surface area contributed by atoms with Crippen molar-refractivity contribution in [1.82, 2.24) is 15.5 Å².